The first-order chi connectivity index (χ1) is 37.2. The van der Waals surface area contributed by atoms with Crippen LogP contribution in [0, 0.1) is 0 Å². The molecule has 0 aromatic heterocycles. The van der Waals surface area contributed by atoms with E-state index in [0.717, 1.165) is 154 Å². The number of hydrogen-bond acceptors (Lipinski definition) is 10. The van der Waals surface area contributed by atoms with E-state index >= 15 is 0 Å². The molecule has 2 N–H and O–H groups in total. The molecule has 0 rings (SSSR count). The summed E-state index contributed by atoms with van der Waals surface area (Å²) in [5.74, 6) is -1.55. The third-order valence-corrected chi connectivity index (χ3v) is 12.5. The van der Waals surface area contributed by atoms with Crippen LogP contribution in [0.15, 0.2) is 134 Å². The Labute approximate surface area is 461 Å². The van der Waals surface area contributed by atoms with Crippen molar-refractivity contribution in [3.8, 4) is 0 Å². The zero-order chi connectivity index (χ0) is 55.5. The van der Waals surface area contributed by atoms with E-state index in [1.165, 1.54) is 0 Å². The Morgan fingerprint density at radius 1 is 0.368 bits per heavy atom. The number of phosphoric ester groups is 1. The van der Waals surface area contributed by atoms with Crippen LogP contribution < -0.4 is 0 Å². The molecule has 0 heterocycles. The van der Waals surface area contributed by atoms with E-state index in [4.69, 9.17) is 23.3 Å². The van der Waals surface area contributed by atoms with E-state index in [0.29, 0.717) is 19.3 Å². The Bertz CT molecular complexity index is 1780. The van der Waals surface area contributed by atoms with Gasteiger partial charge in [-0.3, -0.25) is 23.4 Å². The Hall–Kier alpha value is -4.38. The largest absolute Gasteiger partial charge is 0.472 e. The highest BCUT2D eigenvalue weighted by molar-refractivity contribution is 7.47. The average Bonchev–Trinajstić information content (AvgIpc) is 3.41. The van der Waals surface area contributed by atoms with Gasteiger partial charge in [-0.15, -0.1) is 0 Å². The van der Waals surface area contributed by atoms with Crippen molar-refractivity contribution in [1.82, 2.24) is 0 Å². The van der Waals surface area contributed by atoms with Crippen LogP contribution >= 0.6 is 7.82 Å². The lowest BCUT2D eigenvalue weighted by molar-refractivity contribution is -0.161. The van der Waals surface area contributed by atoms with Gasteiger partial charge in [-0.25, -0.2) is 4.57 Å². The molecule has 0 spiro atoms. The smallest absolute Gasteiger partial charge is 0.462 e. The second-order valence-electron chi connectivity index (χ2n) is 18.7. The maximum Gasteiger partial charge on any atom is 0.472 e. The lowest BCUT2D eigenvalue weighted by atomic mass is 10.1. The summed E-state index contributed by atoms with van der Waals surface area (Å²) in [6.07, 6.45) is 71.2. The van der Waals surface area contributed by atoms with Gasteiger partial charge in [-0.2, -0.15) is 0 Å². The maximum absolute atomic E-state index is 12.9. The van der Waals surface area contributed by atoms with Crippen molar-refractivity contribution in [3.05, 3.63) is 134 Å². The summed E-state index contributed by atoms with van der Waals surface area (Å²) in [7, 11) is -4.78. The minimum atomic E-state index is -4.78. The van der Waals surface area contributed by atoms with E-state index in [2.05, 4.69) is 154 Å². The fourth-order valence-corrected chi connectivity index (χ4v) is 8.02. The molecule has 0 saturated carbocycles. The highest BCUT2D eigenvalue weighted by Gasteiger charge is 2.28. The van der Waals surface area contributed by atoms with Gasteiger partial charge >= 0.3 is 25.7 Å². The predicted octanol–water partition coefficient (Wildman–Crippen LogP) is 17.4. The molecule has 0 saturated heterocycles. The number of allylic oxidation sites excluding steroid dienone is 22. The number of phosphoric acid groups is 1. The molecule has 12 heteroatoms. The first-order valence-corrected chi connectivity index (χ1v) is 30.6. The van der Waals surface area contributed by atoms with E-state index in [1.54, 1.807) is 0 Å². The van der Waals surface area contributed by atoms with E-state index in [-0.39, 0.29) is 25.9 Å². The summed E-state index contributed by atoms with van der Waals surface area (Å²) in [6, 6.07) is 0. The van der Waals surface area contributed by atoms with Crippen molar-refractivity contribution in [3.63, 3.8) is 0 Å². The van der Waals surface area contributed by atoms with Crippen LogP contribution in [0.5, 0.6) is 0 Å². The Morgan fingerprint density at radius 3 is 0.987 bits per heavy atom. The van der Waals surface area contributed by atoms with Crippen molar-refractivity contribution < 1.29 is 52.2 Å². The van der Waals surface area contributed by atoms with E-state index in [1.807, 2.05) is 0 Å². The van der Waals surface area contributed by atoms with Crippen molar-refractivity contribution in [1.29, 1.82) is 0 Å². The number of carbonyl (C=O) groups is 3. The van der Waals surface area contributed by atoms with E-state index in [9.17, 15) is 28.9 Å². The molecule has 0 amide bonds. The Morgan fingerprint density at radius 2 is 0.645 bits per heavy atom. The molecule has 3 atom stereocenters. The Balaban J connectivity index is 4.84. The molecule has 0 aliphatic rings. The number of aliphatic hydroxyl groups is 1. The molecule has 0 aliphatic carbocycles. The number of esters is 3. The van der Waals surface area contributed by atoms with Crippen LogP contribution in [0.1, 0.15) is 213 Å². The SMILES string of the molecule is CC/C=C\C/C=C\C/C=C\C/C=C\CCCCCCC(=O)OCC(COP(=O)(O)OCC(CO)OC(=O)CCCCCCC/C=C\C/C=C\C/C=C\CC)OC(=O)CCCCCC/C=C\C/C=C\C/C=C\C/C=C\CC. The van der Waals surface area contributed by atoms with Crippen molar-refractivity contribution >= 4 is 25.7 Å². The number of rotatable bonds is 52. The molecule has 0 aliphatic heterocycles. The summed E-state index contributed by atoms with van der Waals surface area (Å²) >= 11 is 0. The predicted molar refractivity (Wildman–Crippen MR) is 316 cm³/mol. The number of aliphatic hydroxyl groups excluding tert-OH is 1. The first-order valence-electron chi connectivity index (χ1n) is 29.1. The first kappa shape index (κ1) is 71.6. The van der Waals surface area contributed by atoms with Crippen LogP contribution in [0.2, 0.25) is 0 Å². The number of ether oxygens (including phenoxy) is 3. The molecular weight excluding hydrogens is 976 g/mol. The second kappa shape index (κ2) is 56.8. The summed E-state index contributed by atoms with van der Waals surface area (Å²) in [5.41, 5.74) is 0. The van der Waals surface area contributed by atoms with Gasteiger partial charge in [0.05, 0.1) is 19.8 Å². The standard InChI is InChI=1S/C64H103O11P/c1-4-7-10-13-16-19-22-25-28-30-33-35-38-41-44-47-50-53-62(66)71-57-61(75-64(68)55-52-49-46-43-40-37-34-31-29-26-23-20-17-14-11-8-5-2)59-73-76(69,70)72-58-60(56-65)74-63(67)54-51-48-45-42-39-36-32-27-24-21-18-15-12-9-6-3/h7-12,16-21,25-29,32-35,37,60-61,65H,4-6,13-15,22-24,30-31,36,38-59H2,1-3H3,(H,69,70)/b10-7-,11-8-,12-9-,19-16-,20-17-,21-18-,28-25-,29-26-,32-27-,35-33-,37-34-. The minimum absolute atomic E-state index is 0.125. The summed E-state index contributed by atoms with van der Waals surface area (Å²) in [4.78, 5) is 48.6. The van der Waals surface area contributed by atoms with Crippen molar-refractivity contribution in [2.45, 2.75) is 226 Å². The monoisotopic (exact) mass is 1080 g/mol. The Kier molecular flexibility index (Phi) is 53.5. The summed E-state index contributed by atoms with van der Waals surface area (Å²) in [5, 5.41) is 9.82. The average molecular weight is 1080 g/mol. The van der Waals surface area contributed by atoms with Gasteiger partial charge in [0.1, 0.15) is 12.7 Å². The molecule has 0 fully saturated rings. The van der Waals surface area contributed by atoms with Crippen molar-refractivity contribution in [2.24, 2.45) is 0 Å². The van der Waals surface area contributed by atoms with Gasteiger partial charge in [0.25, 0.3) is 0 Å². The van der Waals surface area contributed by atoms with Gasteiger partial charge in [0.15, 0.2) is 6.10 Å². The topological polar surface area (TPSA) is 155 Å². The second-order valence-corrected chi connectivity index (χ2v) is 20.1. The highest BCUT2D eigenvalue weighted by atomic mass is 31.2. The highest BCUT2D eigenvalue weighted by Crippen LogP contribution is 2.43. The molecule has 0 bridgehead atoms. The quantitative estimate of drug-likeness (QED) is 0.0197. The van der Waals surface area contributed by atoms with Crippen LogP contribution in [0.4, 0.5) is 0 Å². The van der Waals surface area contributed by atoms with Crippen LogP contribution in [-0.4, -0.2) is 66.5 Å². The molecule has 430 valence electrons. The fraction of sp³-hybridized carbons (Fsp3) is 0.609. The van der Waals surface area contributed by atoms with Crippen LogP contribution in [-0.2, 0) is 42.2 Å². The van der Waals surface area contributed by atoms with Gasteiger partial charge in [0.2, 0.25) is 0 Å². The maximum atomic E-state index is 12.9. The molecule has 0 aromatic carbocycles. The third-order valence-electron chi connectivity index (χ3n) is 11.6. The molecular formula is C64H103O11P. The molecule has 11 nitrogen and oxygen atoms in total. The van der Waals surface area contributed by atoms with Crippen molar-refractivity contribution in [2.75, 3.05) is 26.4 Å². The number of hydrogen-bond donors (Lipinski definition) is 2. The fourth-order valence-electron chi connectivity index (χ4n) is 7.23. The minimum Gasteiger partial charge on any atom is -0.462 e. The lowest BCUT2D eigenvalue weighted by Crippen LogP contribution is -2.30. The molecule has 0 radical (unpaired) electrons. The third kappa shape index (κ3) is 54.4. The number of unbranched alkanes of at least 4 members (excludes halogenated alkanes) is 13. The normalized spacial score (nSPS) is 14.3. The molecule has 0 aromatic rings. The van der Waals surface area contributed by atoms with Gasteiger partial charge in [0, 0.05) is 19.3 Å². The van der Waals surface area contributed by atoms with Gasteiger partial charge in [-0.1, -0.05) is 199 Å². The zero-order valence-corrected chi connectivity index (χ0v) is 48.3. The summed E-state index contributed by atoms with van der Waals surface area (Å²) in [6.45, 7) is 4.21. The van der Waals surface area contributed by atoms with Crippen LogP contribution in [0.25, 0.3) is 0 Å². The summed E-state index contributed by atoms with van der Waals surface area (Å²) < 4.78 is 39.5. The number of carbonyl (C=O) groups excluding carboxylic acids is 3. The van der Waals surface area contributed by atoms with E-state index < -0.39 is 57.8 Å². The van der Waals surface area contributed by atoms with Crippen LogP contribution in [0.3, 0.4) is 0 Å². The molecule has 3 unspecified atom stereocenters. The zero-order valence-electron chi connectivity index (χ0n) is 47.4. The van der Waals surface area contributed by atoms with Gasteiger partial charge in [-0.05, 0) is 128 Å². The van der Waals surface area contributed by atoms with Gasteiger partial charge < -0.3 is 24.2 Å². The molecule has 76 heavy (non-hydrogen) atoms. The lowest BCUT2D eigenvalue weighted by Gasteiger charge is -2.21.